The Morgan fingerprint density at radius 1 is 0.316 bits per heavy atom. The van der Waals surface area contributed by atoms with Gasteiger partial charge in [0, 0.05) is 65.4 Å². The van der Waals surface area contributed by atoms with E-state index in [1.807, 2.05) is 0 Å². The van der Waals surface area contributed by atoms with E-state index in [1.54, 1.807) is 0 Å². The summed E-state index contributed by atoms with van der Waals surface area (Å²) in [6.45, 7) is 0. The first-order valence-electron chi connectivity index (χ1n) is 9.55. The van der Waals surface area contributed by atoms with Gasteiger partial charge in [-0.05, 0) is 36.4 Å². The molecule has 0 saturated heterocycles. The predicted molar refractivity (Wildman–Crippen MR) is 121 cm³/mol. The molecule has 0 atom stereocenters. The molecule has 12 nitrogen and oxygen atoms in total. The molecule has 0 aliphatic rings. The Bertz CT molecular complexity index is 1060. The molecular weight excluding hydrogens is 658 g/mol. The molecule has 14 heteroatoms. The van der Waals surface area contributed by atoms with Crippen molar-refractivity contribution >= 4 is 35.8 Å². The Morgan fingerprint density at radius 2 is 0.421 bits per heavy atom. The van der Waals surface area contributed by atoms with Crippen molar-refractivity contribution < 1.29 is 125 Å². The molecule has 3 aromatic carbocycles. The van der Waals surface area contributed by atoms with Crippen molar-refractivity contribution in [3.05, 3.63) is 106 Å². The van der Waals surface area contributed by atoms with Gasteiger partial charge in [0.15, 0.2) is 0 Å². The van der Waals surface area contributed by atoms with Crippen LogP contribution in [0.3, 0.4) is 0 Å². The summed E-state index contributed by atoms with van der Waals surface area (Å²) in [6, 6.07) is 16.4. The summed E-state index contributed by atoms with van der Waals surface area (Å²) in [5.74, 6) is -7.37. The zero-order chi connectivity index (χ0) is 27.4. The van der Waals surface area contributed by atoms with Crippen LogP contribution in [-0.4, -0.2) is 66.5 Å². The minimum Gasteiger partial charge on any atom is -0.478 e. The van der Waals surface area contributed by atoms with Crippen molar-refractivity contribution in [2.45, 2.75) is 0 Å². The van der Waals surface area contributed by atoms with Crippen LogP contribution in [-0.2, 0) is 65.4 Å². The van der Waals surface area contributed by atoms with Crippen molar-refractivity contribution in [1.82, 2.24) is 0 Å². The number of benzene rings is 3. The van der Waals surface area contributed by atoms with Crippen molar-refractivity contribution in [2.24, 2.45) is 0 Å². The van der Waals surface area contributed by atoms with Gasteiger partial charge in [-0.2, -0.15) is 0 Å². The van der Waals surface area contributed by atoms with Gasteiger partial charge in [0.05, 0.1) is 33.4 Å². The zero-order valence-electron chi connectivity index (χ0n) is 19.2. The van der Waals surface area contributed by atoms with Crippen LogP contribution in [0.4, 0.5) is 0 Å². The van der Waals surface area contributed by atoms with Gasteiger partial charge in [-0.25, -0.2) is 28.8 Å². The van der Waals surface area contributed by atoms with Crippen molar-refractivity contribution in [3.8, 4) is 0 Å². The Hall–Kier alpha value is -3.31. The molecule has 0 spiro atoms. The van der Waals surface area contributed by atoms with Crippen LogP contribution in [0.25, 0.3) is 0 Å². The molecule has 3 aromatic rings. The van der Waals surface area contributed by atoms with E-state index >= 15 is 0 Å². The molecule has 6 N–H and O–H groups in total. The average Bonchev–Trinajstić information content (AvgIpc) is 2.84. The number of hydrogen-bond acceptors (Lipinski definition) is 6. The average molecular weight is 676 g/mol. The van der Waals surface area contributed by atoms with Gasteiger partial charge in [-0.15, -0.1) is 0 Å². The van der Waals surface area contributed by atoms with Crippen molar-refractivity contribution in [3.63, 3.8) is 0 Å². The number of aromatic carboxylic acids is 6. The van der Waals surface area contributed by atoms with Crippen LogP contribution in [0.2, 0.25) is 0 Å². The quantitative estimate of drug-likeness (QED) is 0.221. The Morgan fingerprint density at radius 3 is 0.500 bits per heavy atom. The van der Waals surface area contributed by atoms with E-state index in [1.165, 1.54) is 72.8 Å². The summed E-state index contributed by atoms with van der Waals surface area (Å²) in [5, 5.41) is 51.3. The first kappa shape index (κ1) is 36.8. The van der Waals surface area contributed by atoms with Crippen LogP contribution < -0.4 is 0 Å². The third-order valence-corrected chi connectivity index (χ3v) is 4.16. The second kappa shape index (κ2) is 18.0. The molecule has 0 fully saturated rings. The smallest absolute Gasteiger partial charge is 0.336 e. The van der Waals surface area contributed by atoms with Crippen LogP contribution >= 0.6 is 0 Å². The molecule has 0 aliphatic heterocycles. The maximum absolute atomic E-state index is 10.5. The maximum atomic E-state index is 10.5. The molecule has 38 heavy (non-hydrogen) atoms. The normalized spacial score (nSPS) is 8.84. The second-order valence-electron chi connectivity index (χ2n) is 6.47. The monoisotopic (exact) mass is 676 g/mol. The molecular formula is C24H18O12Y2. The molecule has 2 radical (unpaired) electrons. The maximum Gasteiger partial charge on any atom is 0.336 e. The van der Waals surface area contributed by atoms with Gasteiger partial charge < -0.3 is 30.6 Å². The van der Waals surface area contributed by atoms with E-state index < -0.39 is 35.8 Å². The van der Waals surface area contributed by atoms with Crippen LogP contribution in [0.5, 0.6) is 0 Å². The van der Waals surface area contributed by atoms with Gasteiger partial charge in [0.2, 0.25) is 0 Å². The number of carboxylic acid groups (broad SMARTS) is 6. The van der Waals surface area contributed by atoms with Gasteiger partial charge in [0.25, 0.3) is 0 Å². The summed E-state index contributed by atoms with van der Waals surface area (Å²) in [6.07, 6.45) is 0. The van der Waals surface area contributed by atoms with E-state index in [9.17, 15) is 28.8 Å². The Kier molecular flexibility index (Phi) is 17.5. The summed E-state index contributed by atoms with van der Waals surface area (Å²) in [4.78, 5) is 62.8. The third-order valence-electron chi connectivity index (χ3n) is 4.16. The van der Waals surface area contributed by atoms with Crippen LogP contribution in [0.1, 0.15) is 62.1 Å². The van der Waals surface area contributed by atoms with Crippen molar-refractivity contribution in [1.29, 1.82) is 0 Å². The fourth-order valence-electron chi connectivity index (χ4n) is 2.57. The molecule has 0 saturated carbocycles. The second-order valence-corrected chi connectivity index (χ2v) is 6.47. The fraction of sp³-hybridized carbons (Fsp3) is 0. The number of carbonyl (C=O) groups is 6. The number of carboxylic acids is 6. The first-order chi connectivity index (χ1) is 16.9. The van der Waals surface area contributed by atoms with Gasteiger partial charge >= 0.3 is 35.8 Å². The standard InChI is InChI=1S/3C8H6O4.2Y/c3*9-7(10)5-3-1-2-4-6(5)8(11)12;;/h3*1-4H,(H,9,10)(H,11,12);;. The van der Waals surface area contributed by atoms with E-state index in [4.69, 9.17) is 30.6 Å². The van der Waals surface area contributed by atoms with Gasteiger partial charge in [-0.3, -0.25) is 0 Å². The molecule has 0 aliphatic carbocycles. The molecule has 0 aromatic heterocycles. The van der Waals surface area contributed by atoms with E-state index in [0.717, 1.165) is 0 Å². The fourth-order valence-corrected chi connectivity index (χ4v) is 2.57. The Labute approximate surface area is 264 Å². The first-order valence-corrected chi connectivity index (χ1v) is 9.55. The third kappa shape index (κ3) is 11.4. The topological polar surface area (TPSA) is 224 Å². The molecule has 0 unspecified atom stereocenters. The zero-order valence-corrected chi connectivity index (χ0v) is 24.9. The summed E-state index contributed by atoms with van der Waals surface area (Å²) in [5.41, 5.74) is -1.14. The SMILES string of the molecule is O=C(O)c1ccccc1C(=O)O.O=C(O)c1ccccc1C(=O)O.O=C(O)c1ccccc1C(=O)O.[Y].[Y]. The summed E-state index contributed by atoms with van der Waals surface area (Å²) in [7, 11) is 0. The van der Waals surface area contributed by atoms with E-state index in [-0.39, 0.29) is 98.8 Å². The van der Waals surface area contributed by atoms with E-state index in [0.29, 0.717) is 0 Å². The summed E-state index contributed by atoms with van der Waals surface area (Å²) >= 11 is 0. The molecule has 3 rings (SSSR count). The molecule has 0 bridgehead atoms. The molecule has 192 valence electrons. The predicted octanol–water partition coefficient (Wildman–Crippen LogP) is 3.24. The summed E-state index contributed by atoms with van der Waals surface area (Å²) < 4.78 is 0. The number of rotatable bonds is 6. The Balaban J connectivity index is 0. The minimum absolute atomic E-state index is 0. The minimum atomic E-state index is -1.23. The van der Waals surface area contributed by atoms with Gasteiger partial charge in [0.1, 0.15) is 0 Å². The van der Waals surface area contributed by atoms with Gasteiger partial charge in [-0.1, -0.05) is 36.4 Å². The van der Waals surface area contributed by atoms with Crippen molar-refractivity contribution in [2.75, 3.05) is 0 Å². The van der Waals surface area contributed by atoms with Crippen LogP contribution in [0, 0.1) is 0 Å². The number of hydrogen-bond donors (Lipinski definition) is 6. The van der Waals surface area contributed by atoms with Crippen LogP contribution in [0.15, 0.2) is 72.8 Å². The largest absolute Gasteiger partial charge is 0.478 e. The molecule has 0 amide bonds. The van der Waals surface area contributed by atoms with E-state index in [2.05, 4.69) is 0 Å². The molecule has 0 heterocycles.